The highest BCUT2D eigenvalue weighted by atomic mass is 32.2. The predicted octanol–water partition coefficient (Wildman–Crippen LogP) is 8.41. The van der Waals surface area contributed by atoms with Gasteiger partial charge in [0.15, 0.2) is 0 Å². The van der Waals surface area contributed by atoms with Gasteiger partial charge in [-0.1, -0.05) is 97.1 Å². The Hall–Kier alpha value is -4.61. The molecule has 0 aliphatic heterocycles. The van der Waals surface area contributed by atoms with Crippen molar-refractivity contribution in [3.05, 3.63) is 133 Å². The van der Waals surface area contributed by atoms with E-state index < -0.39 is 9.84 Å². The van der Waals surface area contributed by atoms with Crippen molar-refractivity contribution in [1.82, 2.24) is 0 Å². The number of fused-ring (bicyclic) bond motifs is 2. The van der Waals surface area contributed by atoms with Crippen LogP contribution in [0.2, 0.25) is 0 Å². The molecule has 0 aromatic heterocycles. The quantitative estimate of drug-likeness (QED) is 0.229. The normalized spacial score (nSPS) is 11.5. The van der Waals surface area contributed by atoms with Crippen molar-refractivity contribution in [2.24, 2.45) is 0 Å². The van der Waals surface area contributed by atoms with E-state index in [0.717, 1.165) is 10.8 Å². The summed E-state index contributed by atoms with van der Waals surface area (Å²) in [6, 6.07) is 40.4. The summed E-state index contributed by atoms with van der Waals surface area (Å²) in [5.41, 5.74) is 0. The monoisotopic (exact) mass is 502 g/mol. The van der Waals surface area contributed by atoms with Crippen LogP contribution in [0.5, 0.6) is 23.0 Å². The topological polar surface area (TPSA) is 52.6 Å². The Bertz CT molecular complexity index is 1700. The van der Waals surface area contributed by atoms with Crippen LogP contribution < -0.4 is 9.47 Å². The molecule has 0 spiro atoms. The van der Waals surface area contributed by atoms with Crippen molar-refractivity contribution in [2.75, 3.05) is 0 Å². The third-order valence-electron chi connectivity index (χ3n) is 6.17. The maximum Gasteiger partial charge on any atom is 0.215 e. The minimum Gasteiger partial charge on any atom is -0.456 e. The van der Waals surface area contributed by atoms with E-state index in [4.69, 9.17) is 9.47 Å². The van der Waals surface area contributed by atoms with Crippen LogP contribution in [-0.4, -0.2) is 8.42 Å². The first-order chi connectivity index (χ1) is 18.1. The van der Waals surface area contributed by atoms with Crippen LogP contribution in [0.25, 0.3) is 21.5 Å². The Morgan fingerprint density at radius 3 is 1.22 bits per heavy atom. The van der Waals surface area contributed by atoms with Crippen molar-refractivity contribution in [3.8, 4) is 23.0 Å². The van der Waals surface area contributed by atoms with Crippen molar-refractivity contribution in [2.45, 2.75) is 9.79 Å². The molecule has 0 aliphatic carbocycles. The molecular weight excluding hydrogens is 480 g/mol. The lowest BCUT2D eigenvalue weighted by atomic mass is 10.1. The summed E-state index contributed by atoms with van der Waals surface area (Å²) in [5.74, 6) is 1.60. The molecule has 6 aromatic carbocycles. The molecule has 6 aromatic rings. The second-order valence-electron chi connectivity index (χ2n) is 8.56. The molecular formula is C32H22O4S. The van der Waals surface area contributed by atoms with Crippen LogP contribution >= 0.6 is 0 Å². The van der Waals surface area contributed by atoms with Gasteiger partial charge in [0, 0.05) is 10.8 Å². The van der Waals surface area contributed by atoms with Gasteiger partial charge in [-0.25, -0.2) is 8.42 Å². The molecule has 0 saturated heterocycles. The van der Waals surface area contributed by atoms with E-state index in [1.807, 2.05) is 97.1 Å². The number of benzene rings is 6. The van der Waals surface area contributed by atoms with E-state index in [0.29, 0.717) is 22.3 Å². The van der Waals surface area contributed by atoms with Crippen LogP contribution in [0.3, 0.4) is 0 Å². The number of hydrogen-bond acceptors (Lipinski definition) is 4. The maximum atomic E-state index is 14.7. The Morgan fingerprint density at radius 2 is 0.784 bits per heavy atom. The van der Waals surface area contributed by atoms with E-state index >= 15 is 0 Å². The van der Waals surface area contributed by atoms with Gasteiger partial charge in [0.05, 0.1) is 0 Å². The molecule has 5 heteroatoms. The molecule has 6 rings (SSSR count). The fourth-order valence-electron chi connectivity index (χ4n) is 4.49. The number of rotatable bonds is 6. The van der Waals surface area contributed by atoms with Gasteiger partial charge in [0.2, 0.25) is 9.84 Å². The highest BCUT2D eigenvalue weighted by Crippen LogP contribution is 2.44. The summed E-state index contributed by atoms with van der Waals surface area (Å²) in [6.45, 7) is 0. The molecule has 0 N–H and O–H groups in total. The average Bonchev–Trinajstić information content (AvgIpc) is 2.93. The van der Waals surface area contributed by atoms with Crippen LogP contribution in [0.15, 0.2) is 143 Å². The second-order valence-corrected chi connectivity index (χ2v) is 10.4. The molecule has 0 radical (unpaired) electrons. The lowest BCUT2D eigenvalue weighted by Gasteiger charge is -2.18. The first-order valence-corrected chi connectivity index (χ1v) is 13.3. The Balaban J connectivity index is 1.64. The third kappa shape index (κ3) is 4.30. The van der Waals surface area contributed by atoms with Gasteiger partial charge in [-0.3, -0.25) is 0 Å². The van der Waals surface area contributed by atoms with E-state index in [-0.39, 0.29) is 21.3 Å². The molecule has 0 atom stereocenters. The summed E-state index contributed by atoms with van der Waals surface area (Å²) in [4.78, 5) is 0.201. The van der Waals surface area contributed by atoms with Gasteiger partial charge < -0.3 is 9.47 Å². The largest absolute Gasteiger partial charge is 0.456 e. The van der Waals surface area contributed by atoms with Crippen LogP contribution in [0.4, 0.5) is 0 Å². The van der Waals surface area contributed by atoms with Crippen LogP contribution in [-0.2, 0) is 9.84 Å². The lowest BCUT2D eigenvalue weighted by Crippen LogP contribution is -2.08. The van der Waals surface area contributed by atoms with Crippen LogP contribution in [0, 0.1) is 0 Å². The van der Waals surface area contributed by atoms with Crippen molar-refractivity contribution in [3.63, 3.8) is 0 Å². The van der Waals surface area contributed by atoms with Gasteiger partial charge in [-0.15, -0.1) is 0 Å². The summed E-state index contributed by atoms with van der Waals surface area (Å²) in [6.07, 6.45) is 0. The first kappa shape index (κ1) is 22.8. The zero-order valence-electron chi connectivity index (χ0n) is 19.7. The molecule has 0 bridgehead atoms. The standard InChI is InChI=1S/C32H22O4S/c33-37(34,31-27-17-9-7-11-23(27)19-21-29(31)35-25-13-3-1-4-14-25)32-28-18-10-8-12-24(28)20-22-30(32)36-26-15-5-2-6-16-26/h1-22H. The second kappa shape index (κ2) is 9.45. The molecule has 4 nitrogen and oxygen atoms in total. The fraction of sp³-hybridized carbons (Fsp3) is 0. The van der Waals surface area contributed by atoms with E-state index in [1.165, 1.54) is 0 Å². The number of ether oxygens (including phenoxy) is 2. The van der Waals surface area contributed by atoms with Crippen molar-refractivity contribution < 1.29 is 17.9 Å². The van der Waals surface area contributed by atoms with E-state index in [2.05, 4.69) is 0 Å². The minimum atomic E-state index is -4.14. The molecule has 180 valence electrons. The number of sulfone groups is 1. The smallest absolute Gasteiger partial charge is 0.215 e. The van der Waals surface area contributed by atoms with Gasteiger partial charge >= 0.3 is 0 Å². The molecule has 0 amide bonds. The SMILES string of the molecule is O=S(=O)(c1c(Oc2ccccc2)ccc2ccccc12)c1c(Oc2ccccc2)ccc2ccccc12. The Labute approximate surface area is 215 Å². The van der Waals surface area contributed by atoms with Gasteiger partial charge in [-0.2, -0.15) is 0 Å². The van der Waals surface area contributed by atoms with Crippen molar-refractivity contribution >= 4 is 31.4 Å². The summed E-state index contributed by atoms with van der Waals surface area (Å²) >= 11 is 0. The molecule has 37 heavy (non-hydrogen) atoms. The summed E-state index contributed by atoms with van der Waals surface area (Å²) < 4.78 is 41.8. The zero-order valence-corrected chi connectivity index (χ0v) is 20.6. The molecule has 0 fully saturated rings. The third-order valence-corrected chi connectivity index (χ3v) is 8.08. The average molecular weight is 503 g/mol. The molecule has 0 saturated carbocycles. The first-order valence-electron chi connectivity index (χ1n) is 11.9. The highest BCUT2D eigenvalue weighted by molar-refractivity contribution is 7.92. The zero-order chi connectivity index (χ0) is 25.2. The number of para-hydroxylation sites is 2. The van der Waals surface area contributed by atoms with Crippen molar-refractivity contribution in [1.29, 1.82) is 0 Å². The molecule has 0 heterocycles. The number of hydrogen-bond donors (Lipinski definition) is 0. The van der Waals surface area contributed by atoms with E-state index in [9.17, 15) is 8.42 Å². The summed E-state index contributed by atoms with van der Waals surface area (Å²) in [5, 5.41) is 2.75. The Morgan fingerprint density at radius 1 is 0.405 bits per heavy atom. The van der Waals surface area contributed by atoms with Gasteiger partial charge in [0.1, 0.15) is 32.8 Å². The van der Waals surface area contributed by atoms with Crippen LogP contribution in [0.1, 0.15) is 0 Å². The fourth-order valence-corrected chi connectivity index (χ4v) is 6.40. The van der Waals surface area contributed by atoms with Gasteiger partial charge in [-0.05, 0) is 47.2 Å². The maximum absolute atomic E-state index is 14.7. The highest BCUT2D eigenvalue weighted by Gasteiger charge is 2.31. The minimum absolute atomic E-state index is 0.101. The summed E-state index contributed by atoms with van der Waals surface area (Å²) in [7, 11) is -4.14. The van der Waals surface area contributed by atoms with E-state index in [1.54, 1.807) is 36.4 Å². The Kier molecular flexibility index (Phi) is 5.83. The molecule has 0 aliphatic rings. The van der Waals surface area contributed by atoms with Gasteiger partial charge in [0.25, 0.3) is 0 Å². The molecule has 0 unspecified atom stereocenters. The predicted molar refractivity (Wildman–Crippen MR) is 146 cm³/mol. The lowest BCUT2D eigenvalue weighted by molar-refractivity contribution is 0.464.